The summed E-state index contributed by atoms with van der Waals surface area (Å²) in [4.78, 5) is 0. The van der Waals surface area contributed by atoms with Crippen molar-refractivity contribution < 1.29 is 9.47 Å². The van der Waals surface area contributed by atoms with Gasteiger partial charge >= 0.3 is 0 Å². The van der Waals surface area contributed by atoms with Crippen LogP contribution in [-0.4, -0.2) is 7.11 Å². The summed E-state index contributed by atoms with van der Waals surface area (Å²) >= 11 is 15.8. The molecule has 0 saturated heterocycles. The number of hydrogen-bond acceptors (Lipinski definition) is 3. The van der Waals surface area contributed by atoms with Gasteiger partial charge in [0.2, 0.25) is 0 Å². The molecule has 6 heteroatoms. The quantitative estimate of drug-likeness (QED) is 0.268. The second-order valence-electron chi connectivity index (χ2n) is 6.08. The van der Waals surface area contributed by atoms with E-state index in [0.29, 0.717) is 33.7 Å². The fourth-order valence-electron chi connectivity index (χ4n) is 2.70. The average molecular weight is 489 g/mol. The standard InChI is InChI=1S/C23H16BrCl2NO2/c1-28-22-11-17(9-18(13-27)15-6-4-7-19(25)10-15)20(24)12-23(22)29-14-16-5-2-3-8-21(16)26/h2-12H,14H2,1H3. The number of nitrogens with zero attached hydrogens (tertiary/aromatic N) is 1. The second-order valence-corrected chi connectivity index (χ2v) is 7.78. The van der Waals surface area contributed by atoms with E-state index in [2.05, 4.69) is 22.0 Å². The number of hydrogen-bond donors (Lipinski definition) is 0. The first kappa shape index (κ1) is 21.3. The van der Waals surface area contributed by atoms with Crippen LogP contribution in [0.15, 0.2) is 65.1 Å². The molecule has 3 aromatic rings. The lowest BCUT2D eigenvalue weighted by molar-refractivity contribution is 0.284. The van der Waals surface area contributed by atoms with Crippen molar-refractivity contribution in [3.05, 3.63) is 91.9 Å². The summed E-state index contributed by atoms with van der Waals surface area (Å²) in [6.07, 6.45) is 1.77. The molecule has 146 valence electrons. The topological polar surface area (TPSA) is 42.2 Å². The van der Waals surface area contributed by atoms with Crippen LogP contribution < -0.4 is 9.47 Å². The Hall–Kier alpha value is -2.45. The maximum atomic E-state index is 9.59. The summed E-state index contributed by atoms with van der Waals surface area (Å²) in [6, 6.07) is 20.5. The van der Waals surface area contributed by atoms with Crippen LogP contribution in [0.2, 0.25) is 10.0 Å². The number of halogens is 3. The van der Waals surface area contributed by atoms with Gasteiger partial charge in [0, 0.05) is 20.1 Å². The van der Waals surface area contributed by atoms with E-state index in [1.54, 1.807) is 25.3 Å². The minimum absolute atomic E-state index is 0.309. The van der Waals surface area contributed by atoms with Crippen molar-refractivity contribution in [2.75, 3.05) is 7.11 Å². The lowest BCUT2D eigenvalue weighted by Crippen LogP contribution is -1.99. The monoisotopic (exact) mass is 487 g/mol. The minimum atomic E-state index is 0.309. The Morgan fingerprint density at radius 3 is 2.55 bits per heavy atom. The Morgan fingerprint density at radius 2 is 1.86 bits per heavy atom. The molecular weight excluding hydrogens is 473 g/mol. The van der Waals surface area contributed by atoms with Gasteiger partial charge in [0.25, 0.3) is 0 Å². The molecule has 0 unspecified atom stereocenters. The van der Waals surface area contributed by atoms with Crippen LogP contribution in [0.25, 0.3) is 11.6 Å². The average Bonchev–Trinajstić information content (AvgIpc) is 2.72. The molecule has 3 rings (SSSR count). The lowest BCUT2D eigenvalue weighted by atomic mass is 10.0. The van der Waals surface area contributed by atoms with Crippen molar-refractivity contribution in [3.63, 3.8) is 0 Å². The maximum absolute atomic E-state index is 9.59. The van der Waals surface area contributed by atoms with Crippen LogP contribution in [-0.2, 0) is 6.61 Å². The highest BCUT2D eigenvalue weighted by Crippen LogP contribution is 2.36. The van der Waals surface area contributed by atoms with Crippen molar-refractivity contribution in [2.45, 2.75) is 6.61 Å². The van der Waals surface area contributed by atoms with Crippen LogP contribution in [0, 0.1) is 11.3 Å². The third-order valence-corrected chi connectivity index (χ3v) is 5.47. The third-order valence-electron chi connectivity index (χ3n) is 4.18. The van der Waals surface area contributed by atoms with Gasteiger partial charge in [-0.15, -0.1) is 0 Å². The third kappa shape index (κ3) is 5.33. The summed E-state index contributed by atoms with van der Waals surface area (Å²) < 4.78 is 12.2. The molecule has 0 aliphatic heterocycles. The predicted molar refractivity (Wildman–Crippen MR) is 121 cm³/mol. The first-order valence-corrected chi connectivity index (χ1v) is 10.2. The van der Waals surface area contributed by atoms with Crippen molar-refractivity contribution in [1.29, 1.82) is 5.26 Å². The molecule has 0 fully saturated rings. The van der Waals surface area contributed by atoms with Crippen molar-refractivity contribution in [2.24, 2.45) is 0 Å². The van der Waals surface area contributed by atoms with Crippen molar-refractivity contribution in [3.8, 4) is 17.6 Å². The van der Waals surface area contributed by atoms with E-state index in [1.807, 2.05) is 48.5 Å². The molecule has 0 amide bonds. The smallest absolute Gasteiger partial charge is 0.162 e. The van der Waals surface area contributed by atoms with E-state index < -0.39 is 0 Å². The predicted octanol–water partition coefficient (Wildman–Crippen LogP) is 7.41. The summed E-state index contributed by atoms with van der Waals surface area (Å²) in [6.45, 7) is 0.309. The maximum Gasteiger partial charge on any atom is 0.162 e. The first-order valence-electron chi connectivity index (χ1n) is 8.63. The number of benzene rings is 3. The fraction of sp³-hybridized carbons (Fsp3) is 0.0870. The summed E-state index contributed by atoms with van der Waals surface area (Å²) in [7, 11) is 1.57. The van der Waals surface area contributed by atoms with E-state index in [1.165, 1.54) is 0 Å². The first-order chi connectivity index (χ1) is 14.0. The molecule has 0 atom stereocenters. The van der Waals surface area contributed by atoms with Gasteiger partial charge in [-0.3, -0.25) is 0 Å². The van der Waals surface area contributed by atoms with Crippen LogP contribution in [0.4, 0.5) is 0 Å². The second kappa shape index (κ2) is 9.84. The molecule has 0 heterocycles. The number of methoxy groups -OCH3 is 1. The van der Waals surface area contributed by atoms with Crippen LogP contribution in [0.1, 0.15) is 16.7 Å². The highest BCUT2D eigenvalue weighted by molar-refractivity contribution is 9.10. The number of ether oxygens (including phenoxy) is 2. The SMILES string of the molecule is COc1cc(C=C(C#N)c2cccc(Cl)c2)c(Br)cc1OCc1ccccc1Cl. The van der Waals surface area contributed by atoms with E-state index in [4.69, 9.17) is 32.7 Å². The Balaban J connectivity index is 1.92. The molecule has 0 aromatic heterocycles. The summed E-state index contributed by atoms with van der Waals surface area (Å²) in [5.41, 5.74) is 2.89. The van der Waals surface area contributed by atoms with E-state index in [9.17, 15) is 5.26 Å². The van der Waals surface area contributed by atoms with E-state index in [0.717, 1.165) is 21.2 Å². The Kier molecular flexibility index (Phi) is 7.22. The van der Waals surface area contributed by atoms with Crippen molar-refractivity contribution in [1.82, 2.24) is 0 Å². The normalized spacial score (nSPS) is 11.1. The largest absolute Gasteiger partial charge is 0.493 e. The van der Waals surface area contributed by atoms with Gasteiger partial charge in [-0.25, -0.2) is 0 Å². The molecular formula is C23H16BrCl2NO2. The minimum Gasteiger partial charge on any atom is -0.493 e. The van der Waals surface area contributed by atoms with Gasteiger partial charge in [-0.05, 0) is 47.5 Å². The molecule has 3 nitrogen and oxygen atoms in total. The van der Waals surface area contributed by atoms with Gasteiger partial charge in [-0.2, -0.15) is 5.26 Å². The van der Waals surface area contributed by atoms with Gasteiger partial charge in [-0.1, -0.05) is 69.5 Å². The molecule has 0 spiro atoms. The number of nitriles is 1. The lowest BCUT2D eigenvalue weighted by Gasteiger charge is -2.14. The van der Waals surface area contributed by atoms with Crippen LogP contribution in [0.3, 0.4) is 0 Å². The molecule has 0 bridgehead atoms. The van der Waals surface area contributed by atoms with Gasteiger partial charge in [0.05, 0.1) is 18.8 Å². The number of allylic oxidation sites excluding steroid dienone is 1. The highest BCUT2D eigenvalue weighted by Gasteiger charge is 2.12. The number of rotatable bonds is 6. The highest BCUT2D eigenvalue weighted by atomic mass is 79.9. The Bertz CT molecular complexity index is 1110. The zero-order chi connectivity index (χ0) is 20.8. The van der Waals surface area contributed by atoms with Gasteiger partial charge in [0.15, 0.2) is 11.5 Å². The molecule has 29 heavy (non-hydrogen) atoms. The Labute approximate surface area is 188 Å². The van der Waals surface area contributed by atoms with Gasteiger partial charge < -0.3 is 9.47 Å². The fourth-order valence-corrected chi connectivity index (χ4v) is 3.51. The zero-order valence-corrected chi connectivity index (χ0v) is 18.6. The molecule has 0 aliphatic rings. The summed E-state index contributed by atoms with van der Waals surface area (Å²) in [5.74, 6) is 1.12. The van der Waals surface area contributed by atoms with Crippen LogP contribution >= 0.6 is 39.1 Å². The molecule has 0 aliphatic carbocycles. The molecule has 0 N–H and O–H groups in total. The Morgan fingerprint density at radius 1 is 1.07 bits per heavy atom. The van der Waals surface area contributed by atoms with E-state index >= 15 is 0 Å². The molecule has 3 aromatic carbocycles. The summed E-state index contributed by atoms with van der Waals surface area (Å²) in [5, 5.41) is 10.8. The zero-order valence-electron chi connectivity index (χ0n) is 15.5. The van der Waals surface area contributed by atoms with E-state index in [-0.39, 0.29) is 0 Å². The van der Waals surface area contributed by atoms with Gasteiger partial charge in [0.1, 0.15) is 6.61 Å². The molecule has 0 saturated carbocycles. The van der Waals surface area contributed by atoms with Crippen molar-refractivity contribution >= 4 is 50.8 Å². The molecule has 0 radical (unpaired) electrons. The van der Waals surface area contributed by atoms with Crippen LogP contribution in [0.5, 0.6) is 11.5 Å².